The van der Waals surface area contributed by atoms with Crippen molar-refractivity contribution in [3.63, 3.8) is 0 Å². The summed E-state index contributed by atoms with van der Waals surface area (Å²) in [4.78, 5) is 25.8. The maximum Gasteiger partial charge on any atom is 0.263 e. The Hall–Kier alpha value is -2.73. The molecule has 2 aromatic heterocycles. The number of amides is 1. The number of piperidine rings is 1. The Bertz CT molecular complexity index is 925. The predicted octanol–water partition coefficient (Wildman–Crippen LogP) is 4.61. The summed E-state index contributed by atoms with van der Waals surface area (Å²) >= 11 is 1.56. The average Bonchev–Trinajstić information content (AvgIpc) is 3.15. The van der Waals surface area contributed by atoms with Gasteiger partial charge in [-0.3, -0.25) is 4.79 Å². The molecule has 0 saturated carbocycles. The topological polar surface area (TPSA) is 58.1 Å². The molecule has 6 heteroatoms. The second-order valence-corrected chi connectivity index (χ2v) is 8.08. The first-order valence-electron chi connectivity index (χ1n) is 9.20. The highest BCUT2D eigenvalue weighted by atomic mass is 32.1. The molecular formula is C21H22N4OS. The van der Waals surface area contributed by atoms with Crippen LogP contribution in [0.5, 0.6) is 0 Å². The molecule has 138 valence electrons. The van der Waals surface area contributed by atoms with Crippen LogP contribution in [0.3, 0.4) is 0 Å². The van der Waals surface area contributed by atoms with Crippen LogP contribution in [-0.4, -0.2) is 33.9 Å². The number of nitrogens with one attached hydrogen (secondary N) is 1. The van der Waals surface area contributed by atoms with Crippen molar-refractivity contribution < 1.29 is 4.79 Å². The van der Waals surface area contributed by atoms with Gasteiger partial charge in [0.2, 0.25) is 5.95 Å². The first kappa shape index (κ1) is 17.7. The molecule has 1 saturated heterocycles. The van der Waals surface area contributed by atoms with Crippen molar-refractivity contribution in [1.82, 2.24) is 14.9 Å². The van der Waals surface area contributed by atoms with Crippen LogP contribution < -0.4 is 5.32 Å². The lowest BCUT2D eigenvalue weighted by atomic mass is 9.94. The third-order valence-electron chi connectivity index (χ3n) is 4.79. The summed E-state index contributed by atoms with van der Waals surface area (Å²) in [5, 5.41) is 3.24. The Labute approximate surface area is 163 Å². The van der Waals surface area contributed by atoms with Gasteiger partial charge in [-0.2, -0.15) is 0 Å². The molecule has 1 unspecified atom stereocenters. The molecular weight excluding hydrogens is 356 g/mol. The summed E-state index contributed by atoms with van der Waals surface area (Å²) in [6, 6.07) is 15.8. The van der Waals surface area contributed by atoms with Crippen LogP contribution in [0.2, 0.25) is 0 Å². The monoisotopic (exact) mass is 378 g/mol. The highest BCUT2D eigenvalue weighted by Crippen LogP contribution is 2.28. The van der Waals surface area contributed by atoms with Gasteiger partial charge in [-0.1, -0.05) is 18.2 Å². The number of thiophene rings is 1. The van der Waals surface area contributed by atoms with Crippen molar-refractivity contribution >= 4 is 28.9 Å². The van der Waals surface area contributed by atoms with Crippen molar-refractivity contribution in [2.75, 3.05) is 18.4 Å². The van der Waals surface area contributed by atoms with Crippen LogP contribution in [0.1, 0.15) is 39.0 Å². The van der Waals surface area contributed by atoms with E-state index in [4.69, 9.17) is 4.98 Å². The number of anilines is 2. The summed E-state index contributed by atoms with van der Waals surface area (Å²) < 4.78 is 0. The third kappa shape index (κ3) is 4.17. The van der Waals surface area contributed by atoms with Crippen molar-refractivity contribution in [3.05, 3.63) is 70.2 Å². The van der Waals surface area contributed by atoms with Gasteiger partial charge in [-0.05, 0) is 50.1 Å². The Balaban J connectivity index is 1.48. The number of carbonyl (C=O) groups is 1. The van der Waals surface area contributed by atoms with E-state index in [0.29, 0.717) is 12.5 Å². The molecule has 0 spiro atoms. The average molecular weight is 379 g/mol. The normalized spacial score (nSPS) is 16.9. The quantitative estimate of drug-likeness (QED) is 0.720. The number of aryl methyl sites for hydroxylation is 1. The largest absolute Gasteiger partial charge is 0.337 e. The summed E-state index contributed by atoms with van der Waals surface area (Å²) in [6.45, 7) is 3.55. The smallest absolute Gasteiger partial charge is 0.263 e. The maximum absolute atomic E-state index is 12.8. The van der Waals surface area contributed by atoms with Gasteiger partial charge < -0.3 is 10.2 Å². The lowest BCUT2D eigenvalue weighted by molar-refractivity contribution is 0.0711. The van der Waals surface area contributed by atoms with Crippen LogP contribution in [0.25, 0.3) is 0 Å². The fraction of sp³-hybridized carbons (Fsp3) is 0.286. The van der Waals surface area contributed by atoms with Gasteiger partial charge in [0.05, 0.1) is 10.6 Å². The molecule has 1 amide bonds. The van der Waals surface area contributed by atoms with Gasteiger partial charge in [0, 0.05) is 35.8 Å². The lowest BCUT2D eigenvalue weighted by Crippen LogP contribution is -2.39. The predicted molar refractivity (Wildman–Crippen MR) is 109 cm³/mol. The van der Waals surface area contributed by atoms with E-state index in [1.807, 2.05) is 60.4 Å². The van der Waals surface area contributed by atoms with E-state index < -0.39 is 0 Å². The van der Waals surface area contributed by atoms with Crippen LogP contribution >= 0.6 is 11.3 Å². The van der Waals surface area contributed by atoms with Crippen LogP contribution in [0, 0.1) is 6.92 Å². The van der Waals surface area contributed by atoms with Crippen molar-refractivity contribution in [2.24, 2.45) is 0 Å². The molecule has 1 fully saturated rings. The summed E-state index contributed by atoms with van der Waals surface area (Å²) in [6.07, 6.45) is 3.82. The van der Waals surface area contributed by atoms with Crippen molar-refractivity contribution in [2.45, 2.75) is 25.7 Å². The van der Waals surface area contributed by atoms with Crippen LogP contribution in [-0.2, 0) is 0 Å². The zero-order valence-electron chi connectivity index (χ0n) is 15.3. The van der Waals surface area contributed by atoms with Crippen molar-refractivity contribution in [3.8, 4) is 0 Å². The minimum Gasteiger partial charge on any atom is -0.337 e. The summed E-state index contributed by atoms with van der Waals surface area (Å²) in [7, 11) is 0. The fourth-order valence-electron chi connectivity index (χ4n) is 3.42. The van der Waals surface area contributed by atoms with E-state index in [9.17, 15) is 4.79 Å². The number of hydrogen-bond acceptors (Lipinski definition) is 5. The molecule has 4 rings (SSSR count). The molecule has 0 radical (unpaired) electrons. The number of carbonyl (C=O) groups excluding carboxylic acids is 1. The Morgan fingerprint density at radius 2 is 2.04 bits per heavy atom. The number of likely N-dealkylation sites (tertiary alicyclic amines) is 1. The first-order valence-corrected chi connectivity index (χ1v) is 10.0. The molecule has 1 aliphatic rings. The Morgan fingerprint density at radius 3 is 2.81 bits per heavy atom. The number of para-hydroxylation sites is 1. The summed E-state index contributed by atoms with van der Waals surface area (Å²) in [5.41, 5.74) is 1.95. The van der Waals surface area contributed by atoms with Crippen molar-refractivity contribution in [1.29, 1.82) is 0 Å². The molecule has 27 heavy (non-hydrogen) atoms. The highest BCUT2D eigenvalue weighted by molar-refractivity contribution is 7.13. The second kappa shape index (κ2) is 7.88. The Morgan fingerprint density at radius 1 is 1.19 bits per heavy atom. The van der Waals surface area contributed by atoms with Gasteiger partial charge in [-0.15, -0.1) is 11.3 Å². The number of nitrogens with zero attached hydrogens (tertiary/aromatic N) is 3. The molecule has 1 N–H and O–H groups in total. The first-order chi connectivity index (χ1) is 13.2. The molecule has 3 heterocycles. The van der Waals surface area contributed by atoms with Crippen LogP contribution in [0.15, 0.2) is 54.7 Å². The van der Waals surface area contributed by atoms with E-state index in [2.05, 4.69) is 10.3 Å². The van der Waals surface area contributed by atoms with Gasteiger partial charge in [-0.25, -0.2) is 9.97 Å². The minimum absolute atomic E-state index is 0.134. The third-order valence-corrected chi connectivity index (χ3v) is 5.77. The standard InChI is InChI=1S/C21H22N4OS/c1-15-9-10-19(27-15)20(26)25-13-5-6-16(14-25)18-11-12-22-21(24-18)23-17-7-3-2-4-8-17/h2-4,7-12,16H,5-6,13-14H2,1H3,(H,22,23,24). The maximum atomic E-state index is 12.8. The zero-order chi connectivity index (χ0) is 18.6. The molecule has 1 aliphatic heterocycles. The SMILES string of the molecule is Cc1ccc(C(=O)N2CCCC(c3ccnc(Nc4ccccc4)n3)C2)s1. The molecule has 1 atom stereocenters. The van der Waals surface area contributed by atoms with E-state index in [1.165, 1.54) is 4.88 Å². The lowest BCUT2D eigenvalue weighted by Gasteiger charge is -2.32. The number of rotatable bonds is 4. The molecule has 0 bridgehead atoms. The van der Waals surface area contributed by atoms with E-state index in [-0.39, 0.29) is 11.8 Å². The number of hydrogen-bond donors (Lipinski definition) is 1. The molecule has 0 aliphatic carbocycles. The van der Waals surface area contributed by atoms with Gasteiger partial charge in [0.1, 0.15) is 0 Å². The molecule has 3 aromatic rings. The second-order valence-electron chi connectivity index (χ2n) is 6.80. The summed E-state index contributed by atoms with van der Waals surface area (Å²) in [5.74, 6) is 0.966. The molecule has 5 nitrogen and oxygen atoms in total. The fourth-order valence-corrected chi connectivity index (χ4v) is 4.25. The van der Waals surface area contributed by atoms with Gasteiger partial charge in [0.15, 0.2) is 0 Å². The van der Waals surface area contributed by atoms with E-state index in [0.717, 1.165) is 35.6 Å². The van der Waals surface area contributed by atoms with Crippen LogP contribution in [0.4, 0.5) is 11.6 Å². The van der Waals surface area contributed by atoms with Gasteiger partial charge in [0.25, 0.3) is 5.91 Å². The van der Waals surface area contributed by atoms with Gasteiger partial charge >= 0.3 is 0 Å². The minimum atomic E-state index is 0.134. The number of aromatic nitrogens is 2. The molecule has 1 aromatic carbocycles. The zero-order valence-corrected chi connectivity index (χ0v) is 16.1. The highest BCUT2D eigenvalue weighted by Gasteiger charge is 2.27. The number of benzene rings is 1. The Kier molecular flexibility index (Phi) is 5.16. The van der Waals surface area contributed by atoms with E-state index >= 15 is 0 Å². The van der Waals surface area contributed by atoms with E-state index in [1.54, 1.807) is 17.5 Å².